The van der Waals surface area contributed by atoms with Gasteiger partial charge in [0.1, 0.15) is 12.2 Å². The molecule has 0 aliphatic rings. The van der Waals surface area contributed by atoms with Gasteiger partial charge in [-0.15, -0.1) is 0 Å². The molecule has 0 spiro atoms. The number of nitrogens with zero attached hydrogens (tertiary/aromatic N) is 2. The third-order valence-electron chi connectivity index (χ3n) is 2.69. The zero-order valence-electron chi connectivity index (χ0n) is 12.2. The second-order valence-electron chi connectivity index (χ2n) is 4.08. The predicted octanol–water partition coefficient (Wildman–Crippen LogP) is 1.22. The van der Waals surface area contributed by atoms with E-state index in [2.05, 4.69) is 10.3 Å². The lowest BCUT2D eigenvalue weighted by molar-refractivity contribution is -0.141. The van der Waals surface area contributed by atoms with Crippen LogP contribution in [0.4, 0.5) is 5.69 Å². The van der Waals surface area contributed by atoms with Gasteiger partial charge >= 0.3 is 5.97 Å². The fraction of sp³-hybridized carbons (Fsp3) is 0.500. The van der Waals surface area contributed by atoms with Crippen molar-refractivity contribution in [1.29, 1.82) is 0 Å². The van der Waals surface area contributed by atoms with E-state index in [0.29, 0.717) is 25.4 Å². The number of likely N-dealkylation sites (N-methyl/N-ethyl adjacent to an activating group) is 1. The van der Waals surface area contributed by atoms with Gasteiger partial charge in [0, 0.05) is 25.0 Å². The number of pyridine rings is 1. The number of carbonyl (C=O) groups excluding carboxylic acids is 2. The van der Waals surface area contributed by atoms with Crippen molar-refractivity contribution in [3.8, 4) is 0 Å². The lowest BCUT2D eigenvalue weighted by Crippen LogP contribution is -2.31. The number of ether oxygens (including phenoxy) is 1. The highest BCUT2D eigenvalue weighted by atomic mass is 16.5. The van der Waals surface area contributed by atoms with Crippen LogP contribution in [0.15, 0.2) is 18.3 Å². The monoisotopic (exact) mass is 279 g/mol. The smallest absolute Gasteiger partial charge is 0.325 e. The number of aromatic nitrogens is 1. The molecule has 0 bridgehead atoms. The minimum absolute atomic E-state index is 0.156. The molecule has 1 N–H and O–H groups in total. The molecular weight excluding hydrogens is 258 g/mol. The summed E-state index contributed by atoms with van der Waals surface area (Å²) in [7, 11) is 0. The summed E-state index contributed by atoms with van der Waals surface area (Å²) in [4.78, 5) is 29.2. The fourth-order valence-electron chi connectivity index (χ4n) is 1.74. The molecule has 0 aliphatic heterocycles. The summed E-state index contributed by atoms with van der Waals surface area (Å²) in [6, 6.07) is 3.44. The van der Waals surface area contributed by atoms with Crippen molar-refractivity contribution >= 4 is 17.6 Å². The third kappa shape index (κ3) is 4.53. The molecule has 0 aliphatic carbocycles. The minimum atomic E-state index is -0.286. The van der Waals surface area contributed by atoms with Gasteiger partial charge in [0.2, 0.25) is 0 Å². The van der Waals surface area contributed by atoms with Crippen LogP contribution in [0.2, 0.25) is 0 Å². The molecule has 1 heterocycles. The molecule has 1 aromatic heterocycles. The Morgan fingerprint density at radius 2 is 2.10 bits per heavy atom. The molecular formula is C14H21N3O3. The van der Waals surface area contributed by atoms with Crippen LogP contribution >= 0.6 is 0 Å². The van der Waals surface area contributed by atoms with Gasteiger partial charge in [0.05, 0.1) is 6.61 Å². The maximum atomic E-state index is 11.7. The zero-order valence-corrected chi connectivity index (χ0v) is 12.2. The highest BCUT2D eigenvalue weighted by molar-refractivity contribution is 5.93. The maximum Gasteiger partial charge on any atom is 0.325 e. The SMILES string of the molecule is CCNC(=O)c1cc(N(CC)CC(=O)OCC)ccn1. The molecule has 20 heavy (non-hydrogen) atoms. The molecule has 0 fully saturated rings. The molecule has 1 aromatic rings. The number of anilines is 1. The zero-order chi connectivity index (χ0) is 15.0. The highest BCUT2D eigenvalue weighted by Crippen LogP contribution is 2.14. The summed E-state index contributed by atoms with van der Waals surface area (Å²) >= 11 is 0. The van der Waals surface area contributed by atoms with Crippen LogP contribution in [-0.4, -0.2) is 43.1 Å². The number of rotatable bonds is 7. The van der Waals surface area contributed by atoms with E-state index in [1.165, 1.54) is 0 Å². The van der Waals surface area contributed by atoms with Crippen LogP contribution < -0.4 is 10.2 Å². The number of hydrogen-bond acceptors (Lipinski definition) is 5. The molecule has 0 radical (unpaired) electrons. The standard InChI is InChI=1S/C14H21N3O3/c1-4-15-14(19)12-9-11(7-8-16-12)17(5-2)10-13(18)20-6-3/h7-9H,4-6,10H2,1-3H3,(H,15,19). The molecule has 0 saturated heterocycles. The summed E-state index contributed by atoms with van der Waals surface area (Å²) in [5, 5.41) is 2.70. The Bertz CT molecular complexity index is 463. The summed E-state index contributed by atoms with van der Waals surface area (Å²) in [6.07, 6.45) is 1.56. The van der Waals surface area contributed by atoms with Gasteiger partial charge in [-0.2, -0.15) is 0 Å². The van der Waals surface area contributed by atoms with Crippen LogP contribution in [0, 0.1) is 0 Å². The van der Waals surface area contributed by atoms with Crippen LogP contribution in [0.25, 0.3) is 0 Å². The van der Waals surface area contributed by atoms with E-state index in [1.54, 1.807) is 25.3 Å². The second kappa shape index (κ2) is 8.14. The number of nitrogens with one attached hydrogen (secondary N) is 1. The van der Waals surface area contributed by atoms with Gasteiger partial charge in [-0.1, -0.05) is 0 Å². The quantitative estimate of drug-likeness (QED) is 0.760. The Hall–Kier alpha value is -2.11. The first-order chi connectivity index (χ1) is 9.62. The van der Waals surface area contributed by atoms with Gasteiger partial charge in [0.25, 0.3) is 5.91 Å². The molecule has 1 rings (SSSR count). The van der Waals surface area contributed by atoms with Crippen molar-refractivity contribution in [2.75, 3.05) is 31.1 Å². The molecule has 6 nitrogen and oxygen atoms in total. The Balaban J connectivity index is 2.84. The normalized spacial score (nSPS) is 9.95. The molecule has 0 unspecified atom stereocenters. The predicted molar refractivity (Wildman–Crippen MR) is 76.8 cm³/mol. The minimum Gasteiger partial charge on any atom is -0.465 e. The molecule has 0 saturated carbocycles. The lowest BCUT2D eigenvalue weighted by atomic mass is 10.2. The van der Waals surface area contributed by atoms with Gasteiger partial charge in [-0.3, -0.25) is 14.6 Å². The average Bonchev–Trinajstić information content (AvgIpc) is 2.45. The largest absolute Gasteiger partial charge is 0.465 e. The van der Waals surface area contributed by atoms with E-state index in [1.807, 2.05) is 18.7 Å². The second-order valence-corrected chi connectivity index (χ2v) is 4.08. The van der Waals surface area contributed by atoms with E-state index in [0.717, 1.165) is 5.69 Å². The molecule has 0 aromatic carbocycles. The number of esters is 1. The van der Waals surface area contributed by atoms with Crippen LogP contribution in [0.3, 0.4) is 0 Å². The summed E-state index contributed by atoms with van der Waals surface area (Å²) in [5.41, 5.74) is 1.11. The molecule has 6 heteroatoms. The van der Waals surface area contributed by atoms with Crippen LogP contribution in [0.1, 0.15) is 31.3 Å². The average molecular weight is 279 g/mol. The molecule has 0 atom stereocenters. The summed E-state index contributed by atoms with van der Waals surface area (Å²) in [5.74, 6) is -0.507. The van der Waals surface area contributed by atoms with E-state index in [4.69, 9.17) is 4.74 Å². The Morgan fingerprint density at radius 1 is 1.35 bits per heavy atom. The van der Waals surface area contributed by atoms with Crippen molar-refractivity contribution < 1.29 is 14.3 Å². The van der Waals surface area contributed by atoms with E-state index in [-0.39, 0.29) is 18.4 Å². The maximum absolute atomic E-state index is 11.7. The van der Waals surface area contributed by atoms with Gasteiger partial charge in [-0.25, -0.2) is 0 Å². The topological polar surface area (TPSA) is 71.5 Å². The van der Waals surface area contributed by atoms with E-state index >= 15 is 0 Å². The molecule has 1 amide bonds. The van der Waals surface area contributed by atoms with Gasteiger partial charge in [-0.05, 0) is 32.9 Å². The van der Waals surface area contributed by atoms with Gasteiger partial charge < -0.3 is 15.0 Å². The first kappa shape index (κ1) is 15.9. The first-order valence-electron chi connectivity index (χ1n) is 6.77. The Labute approximate surface area is 119 Å². The van der Waals surface area contributed by atoms with Crippen molar-refractivity contribution in [2.24, 2.45) is 0 Å². The molecule has 110 valence electrons. The van der Waals surface area contributed by atoms with E-state index < -0.39 is 0 Å². The number of amides is 1. The van der Waals surface area contributed by atoms with Crippen LogP contribution in [-0.2, 0) is 9.53 Å². The Kier molecular flexibility index (Phi) is 6.49. The summed E-state index contributed by atoms with van der Waals surface area (Å²) in [6.45, 7) is 7.25. The number of hydrogen-bond donors (Lipinski definition) is 1. The van der Waals surface area contributed by atoms with Crippen LogP contribution in [0.5, 0.6) is 0 Å². The highest BCUT2D eigenvalue weighted by Gasteiger charge is 2.13. The van der Waals surface area contributed by atoms with Crippen molar-refractivity contribution in [2.45, 2.75) is 20.8 Å². The number of carbonyl (C=O) groups is 2. The van der Waals surface area contributed by atoms with Crippen molar-refractivity contribution in [1.82, 2.24) is 10.3 Å². The van der Waals surface area contributed by atoms with Gasteiger partial charge in [0.15, 0.2) is 0 Å². The van der Waals surface area contributed by atoms with E-state index in [9.17, 15) is 9.59 Å². The lowest BCUT2D eigenvalue weighted by Gasteiger charge is -2.22. The fourth-order valence-corrected chi connectivity index (χ4v) is 1.74. The van der Waals surface area contributed by atoms with Crippen molar-refractivity contribution in [3.05, 3.63) is 24.0 Å². The van der Waals surface area contributed by atoms with Crippen molar-refractivity contribution in [3.63, 3.8) is 0 Å². The first-order valence-corrected chi connectivity index (χ1v) is 6.77. The Morgan fingerprint density at radius 3 is 2.70 bits per heavy atom. The third-order valence-corrected chi connectivity index (χ3v) is 2.69. The summed E-state index contributed by atoms with van der Waals surface area (Å²) < 4.78 is 4.94.